The van der Waals surface area contributed by atoms with Crippen LogP contribution in [0.5, 0.6) is 5.75 Å². The number of nitrogens with zero attached hydrogens (tertiary/aromatic N) is 2. The zero-order valence-electron chi connectivity index (χ0n) is 16.5. The molecule has 3 aromatic carbocycles. The Labute approximate surface area is 181 Å². The fourth-order valence-electron chi connectivity index (χ4n) is 2.61. The number of anilines is 2. The fourth-order valence-corrected chi connectivity index (χ4v) is 3.84. The summed E-state index contributed by atoms with van der Waals surface area (Å²) in [5, 5.41) is 14.8. The van der Waals surface area contributed by atoms with Crippen LogP contribution in [-0.4, -0.2) is 26.7 Å². The van der Waals surface area contributed by atoms with Crippen LogP contribution in [0.25, 0.3) is 0 Å². The van der Waals surface area contributed by atoms with Crippen LogP contribution in [0.2, 0.25) is 0 Å². The third-order valence-electron chi connectivity index (χ3n) is 4.19. The van der Waals surface area contributed by atoms with Gasteiger partial charge in [0.05, 0.1) is 29.5 Å². The second-order valence-electron chi connectivity index (χ2n) is 6.28. The molecule has 0 bridgehead atoms. The molecule has 3 rings (SSSR count). The molecule has 166 valence electrons. The average molecular weight is 462 g/mol. The minimum Gasteiger partial charge on any atom is -0.497 e. The molecule has 0 aliphatic heterocycles. The number of nitro groups is 1. The van der Waals surface area contributed by atoms with Crippen molar-refractivity contribution in [2.45, 2.75) is 4.90 Å². The molecular weight excluding hydrogens is 446 g/mol. The third-order valence-corrected chi connectivity index (χ3v) is 5.61. The Morgan fingerprint density at radius 2 is 1.72 bits per heavy atom. The molecule has 0 saturated carbocycles. The van der Waals surface area contributed by atoms with Gasteiger partial charge in [0, 0.05) is 17.8 Å². The molecule has 0 aromatic heterocycles. The Hall–Kier alpha value is -4.06. The molecule has 9 nitrogen and oxygen atoms in total. The van der Waals surface area contributed by atoms with Crippen LogP contribution < -0.4 is 14.9 Å². The molecule has 0 amide bonds. The van der Waals surface area contributed by atoms with Gasteiger partial charge in [0.25, 0.3) is 15.7 Å². The number of ether oxygens (including phenoxy) is 1. The van der Waals surface area contributed by atoms with Gasteiger partial charge in [-0.25, -0.2) is 17.2 Å². The van der Waals surface area contributed by atoms with E-state index in [1.54, 1.807) is 0 Å². The zero-order valence-corrected chi connectivity index (χ0v) is 17.3. The van der Waals surface area contributed by atoms with E-state index in [-0.39, 0.29) is 11.4 Å². The van der Waals surface area contributed by atoms with Crippen molar-refractivity contribution in [1.82, 2.24) is 0 Å². The van der Waals surface area contributed by atoms with Gasteiger partial charge in [-0.15, -0.1) is 0 Å². The van der Waals surface area contributed by atoms with Gasteiger partial charge in [-0.3, -0.25) is 20.3 Å². The van der Waals surface area contributed by atoms with E-state index in [1.807, 2.05) is 0 Å². The summed E-state index contributed by atoms with van der Waals surface area (Å²) < 4.78 is 60.6. The molecule has 0 spiro atoms. The van der Waals surface area contributed by atoms with Crippen LogP contribution in [0.4, 0.5) is 25.8 Å². The Morgan fingerprint density at radius 3 is 2.31 bits per heavy atom. The molecule has 0 radical (unpaired) electrons. The van der Waals surface area contributed by atoms with E-state index in [4.69, 9.17) is 4.74 Å². The van der Waals surface area contributed by atoms with Crippen LogP contribution in [0.3, 0.4) is 0 Å². The number of methoxy groups -OCH3 is 1. The van der Waals surface area contributed by atoms with Crippen molar-refractivity contribution in [3.63, 3.8) is 0 Å². The maximum atomic E-state index is 13.7. The number of hydrogen-bond acceptors (Lipinski definition) is 7. The topological polar surface area (TPSA) is 123 Å². The molecule has 0 unspecified atom stereocenters. The first-order chi connectivity index (χ1) is 15.2. The highest BCUT2D eigenvalue weighted by Crippen LogP contribution is 2.29. The predicted molar refractivity (Wildman–Crippen MR) is 114 cm³/mol. The molecule has 32 heavy (non-hydrogen) atoms. The molecule has 0 atom stereocenters. The van der Waals surface area contributed by atoms with Crippen molar-refractivity contribution in [2.24, 2.45) is 5.10 Å². The number of hydrazone groups is 1. The molecular formula is C20H16F2N4O5S. The molecule has 0 saturated heterocycles. The van der Waals surface area contributed by atoms with Gasteiger partial charge in [-0.1, -0.05) is 6.07 Å². The highest BCUT2D eigenvalue weighted by Gasteiger charge is 2.23. The quantitative estimate of drug-likeness (QED) is 0.295. The van der Waals surface area contributed by atoms with Gasteiger partial charge in [0.15, 0.2) is 0 Å². The number of hydrogen-bond donors (Lipinski definition) is 2. The van der Waals surface area contributed by atoms with E-state index in [0.29, 0.717) is 5.75 Å². The third kappa shape index (κ3) is 5.16. The van der Waals surface area contributed by atoms with Crippen molar-refractivity contribution >= 4 is 33.3 Å². The maximum Gasteiger partial charge on any atom is 0.270 e. The first-order valence-electron chi connectivity index (χ1n) is 8.89. The lowest BCUT2D eigenvalue weighted by Gasteiger charge is -2.12. The number of sulfonamides is 1. The molecule has 0 aliphatic rings. The van der Waals surface area contributed by atoms with E-state index < -0.39 is 42.7 Å². The van der Waals surface area contributed by atoms with Crippen LogP contribution in [0, 0.1) is 21.7 Å². The Kier molecular flexibility index (Phi) is 6.64. The average Bonchev–Trinajstić information content (AvgIpc) is 2.76. The summed E-state index contributed by atoms with van der Waals surface area (Å²) >= 11 is 0. The number of nitrogens with one attached hydrogen (secondary N) is 2. The number of rotatable bonds is 8. The van der Waals surface area contributed by atoms with Gasteiger partial charge in [-0.05, 0) is 42.5 Å². The van der Waals surface area contributed by atoms with Gasteiger partial charge >= 0.3 is 0 Å². The maximum absolute atomic E-state index is 13.7. The summed E-state index contributed by atoms with van der Waals surface area (Å²) in [5.74, 6) is -1.23. The lowest BCUT2D eigenvalue weighted by molar-refractivity contribution is -0.385. The number of halogens is 2. The van der Waals surface area contributed by atoms with E-state index in [0.717, 1.165) is 36.5 Å². The minimum absolute atomic E-state index is 0.149. The van der Waals surface area contributed by atoms with Gasteiger partial charge in [0.2, 0.25) is 0 Å². The van der Waals surface area contributed by atoms with Gasteiger partial charge in [-0.2, -0.15) is 5.10 Å². The zero-order chi connectivity index (χ0) is 23.3. The van der Waals surface area contributed by atoms with E-state index in [9.17, 15) is 27.3 Å². The molecule has 0 fully saturated rings. The smallest absolute Gasteiger partial charge is 0.270 e. The van der Waals surface area contributed by atoms with Crippen LogP contribution >= 0.6 is 0 Å². The first-order valence-corrected chi connectivity index (χ1v) is 10.4. The van der Waals surface area contributed by atoms with Crippen molar-refractivity contribution in [3.05, 3.63) is 88.0 Å². The first kappa shape index (κ1) is 22.6. The predicted octanol–water partition coefficient (Wildman–Crippen LogP) is 4.13. The Morgan fingerprint density at radius 1 is 1.06 bits per heavy atom. The van der Waals surface area contributed by atoms with E-state index in [1.165, 1.54) is 37.4 Å². The van der Waals surface area contributed by atoms with Crippen LogP contribution in [0.15, 0.2) is 70.7 Å². The van der Waals surface area contributed by atoms with Crippen molar-refractivity contribution in [2.75, 3.05) is 17.3 Å². The SMILES string of the molecule is COc1ccc(NS(=O)(=O)c2cc([N+](=O)[O-])ccc2NN=Cc2c(F)cccc2F)cc1. The molecule has 12 heteroatoms. The summed E-state index contributed by atoms with van der Waals surface area (Å²) in [5.41, 5.74) is 1.48. The van der Waals surface area contributed by atoms with Crippen molar-refractivity contribution in [1.29, 1.82) is 0 Å². The second kappa shape index (κ2) is 9.39. The molecule has 3 aromatic rings. The molecule has 0 heterocycles. The Bertz CT molecular complexity index is 1260. The highest BCUT2D eigenvalue weighted by molar-refractivity contribution is 7.92. The second-order valence-corrected chi connectivity index (χ2v) is 7.93. The van der Waals surface area contributed by atoms with Gasteiger partial charge in [0.1, 0.15) is 22.3 Å². The normalized spacial score (nSPS) is 11.3. The van der Waals surface area contributed by atoms with Crippen molar-refractivity contribution < 1.29 is 26.9 Å². The summed E-state index contributed by atoms with van der Waals surface area (Å²) in [7, 11) is -2.86. The largest absolute Gasteiger partial charge is 0.497 e. The Balaban J connectivity index is 1.95. The van der Waals surface area contributed by atoms with Crippen LogP contribution in [-0.2, 0) is 10.0 Å². The standard InChI is InChI=1S/C20H16F2N4O5S/c1-31-15-8-5-13(6-9-15)25-32(29,30)20-11-14(26(27)28)7-10-19(20)24-23-12-16-17(21)3-2-4-18(16)22/h2-12,24-25H,1H3. The lowest BCUT2D eigenvalue weighted by atomic mass is 10.2. The van der Waals surface area contributed by atoms with Crippen molar-refractivity contribution in [3.8, 4) is 5.75 Å². The lowest BCUT2D eigenvalue weighted by Crippen LogP contribution is -2.15. The summed E-state index contributed by atoms with van der Waals surface area (Å²) in [6.45, 7) is 0. The highest BCUT2D eigenvalue weighted by atomic mass is 32.2. The molecule has 0 aliphatic carbocycles. The number of benzene rings is 3. The van der Waals surface area contributed by atoms with E-state index in [2.05, 4.69) is 15.2 Å². The summed E-state index contributed by atoms with van der Waals surface area (Å²) in [6.07, 6.45) is 0.833. The van der Waals surface area contributed by atoms with Crippen LogP contribution in [0.1, 0.15) is 5.56 Å². The van der Waals surface area contributed by atoms with Gasteiger partial charge < -0.3 is 4.74 Å². The minimum atomic E-state index is -4.31. The summed E-state index contributed by atoms with van der Waals surface area (Å²) in [4.78, 5) is 9.89. The molecule has 2 N–H and O–H groups in total. The number of non-ortho nitro benzene ring substituents is 1. The summed E-state index contributed by atoms with van der Waals surface area (Å²) in [6, 6.07) is 12.2. The van der Waals surface area contributed by atoms with E-state index >= 15 is 0 Å². The monoisotopic (exact) mass is 462 g/mol. The fraction of sp³-hybridized carbons (Fsp3) is 0.0500. The number of nitro benzene ring substituents is 1.